The zero-order valence-corrected chi connectivity index (χ0v) is 12.1. The molecule has 2 rings (SSSR count). The van der Waals surface area contributed by atoms with E-state index in [2.05, 4.69) is 18.9 Å². The summed E-state index contributed by atoms with van der Waals surface area (Å²) in [6.07, 6.45) is 3.88. The van der Waals surface area contributed by atoms with Crippen LogP contribution in [0.3, 0.4) is 0 Å². The third-order valence-corrected chi connectivity index (χ3v) is 4.10. The average molecular weight is 262 g/mol. The third kappa shape index (κ3) is 4.22. The van der Waals surface area contributed by atoms with Crippen LogP contribution in [0.15, 0.2) is 24.3 Å². The first-order valence-corrected chi connectivity index (χ1v) is 7.33. The predicted octanol–water partition coefficient (Wildman–Crippen LogP) is 2.64. The second-order valence-corrected chi connectivity index (χ2v) is 5.57. The Bertz CT molecular complexity index is 390. The molecule has 1 saturated carbocycles. The molecule has 1 unspecified atom stereocenters. The van der Waals surface area contributed by atoms with Gasteiger partial charge in [-0.2, -0.15) is 0 Å². The minimum absolute atomic E-state index is 0.536. The van der Waals surface area contributed by atoms with Crippen molar-refractivity contribution < 1.29 is 4.74 Å². The second kappa shape index (κ2) is 6.92. The summed E-state index contributed by atoms with van der Waals surface area (Å²) < 4.78 is 5.83. The molecule has 0 bridgehead atoms. The Morgan fingerprint density at radius 2 is 2.11 bits per heavy atom. The van der Waals surface area contributed by atoms with Gasteiger partial charge in [-0.1, -0.05) is 18.2 Å². The van der Waals surface area contributed by atoms with Gasteiger partial charge in [0.05, 0.1) is 6.61 Å². The average Bonchev–Trinajstić information content (AvgIpc) is 3.27. The first-order valence-electron chi connectivity index (χ1n) is 7.33. The van der Waals surface area contributed by atoms with E-state index in [1.165, 1.54) is 12.8 Å². The quantitative estimate of drug-likeness (QED) is 0.732. The molecule has 2 N–H and O–H groups in total. The normalized spacial score (nSPS) is 16.6. The van der Waals surface area contributed by atoms with Crippen molar-refractivity contribution in [2.24, 2.45) is 11.7 Å². The Balaban J connectivity index is 1.68. The number of hydrogen-bond donors (Lipinski definition) is 1. The molecule has 0 heterocycles. The van der Waals surface area contributed by atoms with Crippen LogP contribution >= 0.6 is 0 Å². The molecule has 1 fully saturated rings. The van der Waals surface area contributed by atoms with E-state index in [1.807, 2.05) is 24.3 Å². The van der Waals surface area contributed by atoms with Gasteiger partial charge in [0.25, 0.3) is 0 Å². The van der Waals surface area contributed by atoms with Gasteiger partial charge in [0.1, 0.15) is 5.75 Å². The van der Waals surface area contributed by atoms with Crippen LogP contribution in [0.5, 0.6) is 5.75 Å². The Morgan fingerprint density at radius 3 is 2.79 bits per heavy atom. The van der Waals surface area contributed by atoms with Crippen LogP contribution in [0.2, 0.25) is 0 Å². The van der Waals surface area contributed by atoms with E-state index >= 15 is 0 Å². The monoisotopic (exact) mass is 262 g/mol. The van der Waals surface area contributed by atoms with E-state index in [-0.39, 0.29) is 0 Å². The molecule has 0 spiro atoms. The van der Waals surface area contributed by atoms with Gasteiger partial charge in [-0.15, -0.1) is 0 Å². The molecule has 0 aromatic heterocycles. The van der Waals surface area contributed by atoms with Crippen LogP contribution in [0, 0.1) is 5.92 Å². The van der Waals surface area contributed by atoms with Crippen molar-refractivity contribution in [2.45, 2.75) is 38.8 Å². The van der Waals surface area contributed by atoms with Gasteiger partial charge in [-0.05, 0) is 45.2 Å². The summed E-state index contributed by atoms with van der Waals surface area (Å²) >= 11 is 0. The van der Waals surface area contributed by atoms with E-state index in [1.54, 1.807) is 0 Å². The Hall–Kier alpha value is -1.06. The molecular formula is C16H26N2O. The standard InChI is InChI=1S/C16H26N2O/c1-13(14-8-9-14)18(2)10-5-11-19-16-7-4-3-6-15(16)12-17/h3-4,6-7,13-14H,5,8-12,17H2,1-2H3. The number of nitrogens with zero attached hydrogens (tertiary/aromatic N) is 1. The highest BCUT2D eigenvalue weighted by molar-refractivity contribution is 5.32. The molecule has 106 valence electrons. The third-order valence-electron chi connectivity index (χ3n) is 4.10. The topological polar surface area (TPSA) is 38.5 Å². The minimum Gasteiger partial charge on any atom is -0.493 e. The van der Waals surface area contributed by atoms with Crippen molar-refractivity contribution >= 4 is 0 Å². The number of nitrogens with two attached hydrogens (primary N) is 1. The van der Waals surface area contributed by atoms with Crippen LogP contribution in [0.4, 0.5) is 0 Å². The van der Waals surface area contributed by atoms with E-state index < -0.39 is 0 Å². The van der Waals surface area contributed by atoms with Crippen molar-refractivity contribution in [2.75, 3.05) is 20.2 Å². The summed E-state index contributed by atoms with van der Waals surface area (Å²) in [7, 11) is 2.22. The van der Waals surface area contributed by atoms with Crippen molar-refractivity contribution in [3.8, 4) is 5.75 Å². The summed E-state index contributed by atoms with van der Waals surface area (Å²) in [4.78, 5) is 2.45. The van der Waals surface area contributed by atoms with Gasteiger partial charge in [0, 0.05) is 24.7 Å². The Morgan fingerprint density at radius 1 is 1.37 bits per heavy atom. The number of hydrogen-bond acceptors (Lipinski definition) is 3. The maximum absolute atomic E-state index is 5.83. The summed E-state index contributed by atoms with van der Waals surface area (Å²) in [6, 6.07) is 8.74. The first kappa shape index (κ1) is 14.4. The van der Waals surface area contributed by atoms with Gasteiger partial charge in [-0.3, -0.25) is 0 Å². The number of rotatable bonds is 8. The predicted molar refractivity (Wildman–Crippen MR) is 79.3 cm³/mol. The highest BCUT2D eigenvalue weighted by Crippen LogP contribution is 2.34. The Labute approximate surface area is 116 Å². The smallest absolute Gasteiger partial charge is 0.123 e. The lowest BCUT2D eigenvalue weighted by molar-refractivity contribution is 0.208. The van der Waals surface area contributed by atoms with Gasteiger partial charge in [0.2, 0.25) is 0 Å². The molecule has 0 aliphatic heterocycles. The molecule has 19 heavy (non-hydrogen) atoms. The summed E-state index contributed by atoms with van der Waals surface area (Å²) in [5.74, 6) is 1.87. The SMILES string of the molecule is CC(C1CC1)N(C)CCCOc1ccccc1CN. The zero-order valence-electron chi connectivity index (χ0n) is 12.1. The van der Waals surface area contributed by atoms with Crippen molar-refractivity contribution in [1.29, 1.82) is 0 Å². The number of benzene rings is 1. The number of para-hydroxylation sites is 1. The molecule has 3 heteroatoms. The second-order valence-electron chi connectivity index (χ2n) is 5.57. The molecule has 1 aromatic carbocycles. The molecule has 0 radical (unpaired) electrons. The molecule has 1 aliphatic rings. The molecule has 3 nitrogen and oxygen atoms in total. The van der Waals surface area contributed by atoms with Gasteiger partial charge >= 0.3 is 0 Å². The van der Waals surface area contributed by atoms with E-state index in [9.17, 15) is 0 Å². The van der Waals surface area contributed by atoms with Crippen LogP contribution in [0.25, 0.3) is 0 Å². The van der Waals surface area contributed by atoms with Gasteiger partial charge < -0.3 is 15.4 Å². The lowest BCUT2D eigenvalue weighted by Crippen LogP contribution is -2.32. The van der Waals surface area contributed by atoms with Crippen molar-refractivity contribution in [1.82, 2.24) is 4.90 Å². The minimum atomic E-state index is 0.536. The molecule has 1 aromatic rings. The van der Waals surface area contributed by atoms with Crippen LogP contribution in [-0.2, 0) is 6.54 Å². The van der Waals surface area contributed by atoms with E-state index in [0.717, 1.165) is 42.8 Å². The molecule has 0 amide bonds. The van der Waals surface area contributed by atoms with Crippen LogP contribution < -0.4 is 10.5 Å². The molecule has 1 aliphatic carbocycles. The highest BCUT2D eigenvalue weighted by atomic mass is 16.5. The highest BCUT2D eigenvalue weighted by Gasteiger charge is 2.29. The molecule has 1 atom stereocenters. The van der Waals surface area contributed by atoms with E-state index in [4.69, 9.17) is 10.5 Å². The maximum Gasteiger partial charge on any atom is 0.123 e. The lowest BCUT2D eigenvalue weighted by atomic mass is 10.2. The lowest BCUT2D eigenvalue weighted by Gasteiger charge is -2.24. The van der Waals surface area contributed by atoms with E-state index in [0.29, 0.717) is 6.54 Å². The summed E-state index contributed by atoms with van der Waals surface area (Å²) in [6.45, 7) is 4.73. The maximum atomic E-state index is 5.83. The molecular weight excluding hydrogens is 236 g/mol. The van der Waals surface area contributed by atoms with Crippen LogP contribution in [-0.4, -0.2) is 31.1 Å². The van der Waals surface area contributed by atoms with Crippen molar-refractivity contribution in [3.63, 3.8) is 0 Å². The summed E-state index contributed by atoms with van der Waals surface area (Å²) in [5.41, 5.74) is 6.78. The zero-order chi connectivity index (χ0) is 13.7. The fraction of sp³-hybridized carbons (Fsp3) is 0.625. The fourth-order valence-electron chi connectivity index (χ4n) is 2.45. The van der Waals surface area contributed by atoms with Crippen LogP contribution in [0.1, 0.15) is 31.7 Å². The molecule has 0 saturated heterocycles. The van der Waals surface area contributed by atoms with Gasteiger partial charge in [-0.25, -0.2) is 0 Å². The van der Waals surface area contributed by atoms with Gasteiger partial charge in [0.15, 0.2) is 0 Å². The summed E-state index contributed by atoms with van der Waals surface area (Å²) in [5, 5.41) is 0. The largest absolute Gasteiger partial charge is 0.493 e. The first-order chi connectivity index (χ1) is 9.22. The number of ether oxygens (including phenoxy) is 1. The fourth-order valence-corrected chi connectivity index (χ4v) is 2.45. The Kier molecular flexibility index (Phi) is 5.23. The van der Waals surface area contributed by atoms with Crippen molar-refractivity contribution in [3.05, 3.63) is 29.8 Å².